The number of aromatic nitrogens is 4. The molecule has 10 nitrogen and oxygen atoms in total. The Bertz CT molecular complexity index is 3510. The van der Waals surface area contributed by atoms with Gasteiger partial charge >= 0.3 is 28.2 Å². The first-order valence-electron chi connectivity index (χ1n) is 27.4. The van der Waals surface area contributed by atoms with Gasteiger partial charge in [0.15, 0.2) is 0 Å². The van der Waals surface area contributed by atoms with Crippen molar-refractivity contribution in [2.45, 2.75) is 0 Å². The monoisotopic (exact) mass is 1550 g/mol. The summed E-state index contributed by atoms with van der Waals surface area (Å²) in [6, 6.07) is 103. The number of pyridine rings is 4. The van der Waals surface area contributed by atoms with Gasteiger partial charge in [-0.2, -0.15) is 0 Å². The minimum absolute atomic E-state index is 0. The van der Waals surface area contributed by atoms with Crippen LogP contribution in [-0.2, 0) is 39.8 Å². The number of aliphatic imine (C=N–C) groups is 4. The van der Waals surface area contributed by atoms with Gasteiger partial charge in [0.25, 0.3) is 0 Å². The van der Waals surface area contributed by atoms with Gasteiger partial charge in [0.2, 0.25) is 0 Å². The number of nitrogens with zero attached hydrogens (tertiary/aromatic N) is 10. The summed E-state index contributed by atoms with van der Waals surface area (Å²) in [7, 11) is 3.29. The molecule has 0 fully saturated rings. The molecule has 0 saturated carbocycles. The first-order valence-corrected chi connectivity index (χ1v) is 33.1. The van der Waals surface area contributed by atoms with E-state index >= 15 is 0 Å². The molecule has 0 radical (unpaired) electrons. The SMILES string of the molecule is [Cl][Pt+].[Pt].c1ccc(N=C2[N-]C(=Nc3ccccn3)c3ccccc32)nc1.c1ccc(N=C2[N-]C(=Nc3ccccn3)c3ccccc32)nc1.c1ccc(P(c2ccccc2)c2ccccc2)cc1.c1ccc([PH+](c2ccccc2)c2ccccc2)cc1. The molecule has 0 unspecified atom stereocenters. The molecule has 2 aliphatic heterocycles. The number of halogens is 1. The Morgan fingerprint density at radius 1 is 0.276 bits per heavy atom. The first kappa shape index (κ1) is 62.7. The van der Waals surface area contributed by atoms with Crippen LogP contribution in [0.25, 0.3) is 10.6 Å². The molecule has 12 aromatic rings. The third-order valence-corrected chi connectivity index (χ3v) is 18.1. The van der Waals surface area contributed by atoms with E-state index in [2.05, 4.69) is 242 Å². The van der Waals surface area contributed by atoms with Crippen LogP contribution in [0.3, 0.4) is 0 Å². The van der Waals surface area contributed by atoms with Gasteiger partial charge in [-0.05, 0) is 131 Å². The topological polar surface area (TPSA) is 129 Å². The van der Waals surface area contributed by atoms with Crippen LogP contribution in [0.15, 0.2) is 348 Å². The molecule has 14 rings (SSSR count). The second kappa shape index (κ2) is 33.8. The molecule has 6 heterocycles. The van der Waals surface area contributed by atoms with Crippen LogP contribution in [-0.4, -0.2) is 43.3 Å². The van der Waals surface area contributed by atoms with Crippen molar-refractivity contribution in [3.05, 3.63) is 361 Å². The van der Waals surface area contributed by atoms with Crippen molar-refractivity contribution in [1.29, 1.82) is 0 Å². The van der Waals surface area contributed by atoms with Crippen molar-refractivity contribution in [3.8, 4) is 0 Å². The fourth-order valence-corrected chi connectivity index (χ4v) is 14.0. The Morgan fingerprint density at radius 3 is 0.701 bits per heavy atom. The first-order chi connectivity index (χ1) is 42.7. The third-order valence-electron chi connectivity index (χ3n) is 13.0. The standard InChI is InChI=1S/2C18H12N5.2C18H15P.ClH.2Pt/c2*1-2-8-14-13(7-1)17(21-15-9-3-5-11-19-15)23-18(14)22-16-10-4-6-12-20-16;2*1-4-10-16(11-5-1)19(17-12-6-2-7-13-17)18-14-8-3-9-15-18;;;/h2*1-12H;2*1-15H;1H;;/q2*-1;;;;;+2. The Morgan fingerprint density at radius 2 is 0.483 bits per heavy atom. The van der Waals surface area contributed by atoms with Gasteiger partial charge in [0, 0.05) is 69.2 Å². The minimum Gasteiger partial charge on any atom is -0.357 e. The Balaban J connectivity index is 0.000000137. The zero-order valence-corrected chi connectivity index (χ0v) is 53.8. The second-order valence-corrected chi connectivity index (χ2v) is 23.3. The molecule has 0 atom stereocenters. The summed E-state index contributed by atoms with van der Waals surface area (Å²) in [5.41, 5.74) is 3.81. The van der Waals surface area contributed by atoms with Crippen molar-refractivity contribution in [2.24, 2.45) is 20.0 Å². The largest absolute Gasteiger partial charge is 0.357 e. The average Bonchev–Trinajstić information content (AvgIpc) is 2.83. The van der Waals surface area contributed by atoms with Gasteiger partial charge < -0.3 is 30.6 Å². The van der Waals surface area contributed by atoms with Gasteiger partial charge in [0.05, 0.1) is 31.2 Å². The van der Waals surface area contributed by atoms with Crippen molar-refractivity contribution in [1.82, 2.24) is 19.9 Å². The number of rotatable bonds is 10. The fraction of sp³-hybridized carbons (Fsp3) is 0. The smallest absolute Gasteiger partial charge is 0.102 e. The summed E-state index contributed by atoms with van der Waals surface area (Å²) in [5, 5.41) is 17.6. The average molecular weight is 1550 g/mol. The van der Waals surface area contributed by atoms with Crippen LogP contribution < -0.4 is 31.8 Å². The summed E-state index contributed by atoms with van der Waals surface area (Å²) in [4.78, 5) is 35.0. The van der Waals surface area contributed by atoms with Gasteiger partial charge in [-0.25, -0.2) is 0 Å². The van der Waals surface area contributed by atoms with Gasteiger partial charge in [-0.3, -0.25) is 19.9 Å². The summed E-state index contributed by atoms with van der Waals surface area (Å²) in [6.45, 7) is 0. The number of hydrogen-bond donors (Lipinski definition) is 0. The van der Waals surface area contributed by atoms with Crippen molar-refractivity contribution in [3.63, 3.8) is 0 Å². The maximum Gasteiger partial charge on any atom is 0.102 e. The summed E-state index contributed by atoms with van der Waals surface area (Å²) in [5.74, 6) is 4.98. The van der Waals surface area contributed by atoms with Crippen molar-refractivity contribution < 1.29 is 39.8 Å². The van der Waals surface area contributed by atoms with Crippen LogP contribution in [0.2, 0.25) is 0 Å². The van der Waals surface area contributed by atoms with E-state index in [1.807, 2.05) is 121 Å². The van der Waals surface area contributed by atoms with Crippen molar-refractivity contribution in [2.75, 3.05) is 0 Å². The van der Waals surface area contributed by atoms with Crippen LogP contribution >= 0.6 is 25.3 Å². The molecule has 8 aromatic carbocycles. The summed E-state index contributed by atoms with van der Waals surface area (Å²) < 4.78 is 0. The molecule has 0 N–H and O–H groups in total. The minimum atomic E-state index is -0.877. The number of benzene rings is 8. The van der Waals surface area contributed by atoms with E-state index in [1.165, 1.54) is 31.8 Å². The Kier molecular flexibility index (Phi) is 24.3. The molecule has 0 spiro atoms. The third kappa shape index (κ3) is 17.7. The number of fused-ring (bicyclic) bond motifs is 2. The molecule has 87 heavy (non-hydrogen) atoms. The van der Waals surface area contributed by atoms with Crippen LogP contribution in [0, 0.1) is 0 Å². The van der Waals surface area contributed by atoms with Crippen LogP contribution in [0.5, 0.6) is 0 Å². The molecule has 4 aromatic heterocycles. The molecular weight excluding hydrogens is 1490 g/mol. The zero-order valence-electron chi connectivity index (χ0n) is 46.6. The van der Waals surface area contributed by atoms with E-state index in [4.69, 9.17) is 0 Å². The molecule has 0 aliphatic carbocycles. The second-order valence-electron chi connectivity index (χ2n) is 18.6. The van der Waals surface area contributed by atoms with Crippen LogP contribution in [0.1, 0.15) is 22.3 Å². The number of hydrogen-bond acceptors (Lipinski definition) is 8. The van der Waals surface area contributed by atoms with Gasteiger partial charge in [0.1, 0.15) is 15.9 Å². The molecule has 430 valence electrons. The van der Waals surface area contributed by atoms with E-state index in [1.54, 1.807) is 43.6 Å². The van der Waals surface area contributed by atoms with E-state index in [0.29, 0.717) is 46.6 Å². The number of amidine groups is 4. The Labute approximate surface area is 540 Å². The van der Waals surface area contributed by atoms with E-state index in [9.17, 15) is 0 Å². The molecule has 2 aliphatic rings. The molecule has 0 amide bonds. The van der Waals surface area contributed by atoms with E-state index in [0.717, 1.165) is 22.3 Å². The summed E-state index contributed by atoms with van der Waals surface area (Å²) >= 11 is 1.61. The maximum atomic E-state index is 4.61. The van der Waals surface area contributed by atoms with Gasteiger partial charge in [-0.15, -0.1) is 0 Å². The predicted octanol–water partition coefficient (Wildman–Crippen LogP) is 15.3. The maximum absolute atomic E-state index is 4.61. The predicted molar refractivity (Wildman–Crippen MR) is 359 cm³/mol. The molecule has 0 bridgehead atoms. The van der Waals surface area contributed by atoms with Gasteiger partial charge in [-0.1, -0.05) is 218 Å². The zero-order chi connectivity index (χ0) is 58.8. The summed E-state index contributed by atoms with van der Waals surface area (Å²) in [6.07, 6.45) is 6.85. The molecule has 15 heteroatoms. The van der Waals surface area contributed by atoms with E-state index < -0.39 is 15.8 Å². The fourth-order valence-electron chi connectivity index (χ4n) is 9.14. The Hall–Kier alpha value is -8.83. The van der Waals surface area contributed by atoms with E-state index in [-0.39, 0.29) is 21.1 Å². The van der Waals surface area contributed by atoms with Crippen LogP contribution in [0.4, 0.5) is 23.3 Å². The normalized spacial score (nSPS) is 13.3. The quantitative estimate of drug-likeness (QED) is 0.126. The molecule has 0 saturated heterocycles. The van der Waals surface area contributed by atoms with Crippen molar-refractivity contribution >= 4 is 104 Å². The molecular formula is C72H55ClN10P2Pt2.